The van der Waals surface area contributed by atoms with Crippen molar-refractivity contribution in [1.82, 2.24) is 0 Å². The van der Waals surface area contributed by atoms with Gasteiger partial charge in [-0.2, -0.15) is 0 Å². The topological polar surface area (TPSA) is 29.5 Å². The van der Waals surface area contributed by atoms with Crippen LogP contribution in [0.1, 0.15) is 44.2 Å². The molecule has 0 aliphatic rings. The number of allylic oxidation sites excluding steroid dienone is 1. The zero-order valence-electron chi connectivity index (χ0n) is 11.9. The van der Waals surface area contributed by atoms with Crippen LogP contribution in [0.5, 0.6) is 5.75 Å². The van der Waals surface area contributed by atoms with Crippen LogP contribution in [-0.4, -0.2) is 18.8 Å². The number of aryl methyl sites for hydroxylation is 1. The monoisotopic (exact) mass is 248 g/mol. The van der Waals surface area contributed by atoms with Crippen LogP contribution in [0.15, 0.2) is 29.8 Å². The molecular formula is C16H24O2. The van der Waals surface area contributed by atoms with Gasteiger partial charge in [0.05, 0.1) is 13.7 Å². The summed E-state index contributed by atoms with van der Waals surface area (Å²) < 4.78 is 5.55. The summed E-state index contributed by atoms with van der Waals surface area (Å²) >= 11 is 0. The second-order valence-electron chi connectivity index (χ2n) is 4.94. The summed E-state index contributed by atoms with van der Waals surface area (Å²) in [7, 11) is 1.74. The lowest BCUT2D eigenvalue weighted by atomic mass is 9.97. The summed E-state index contributed by atoms with van der Waals surface area (Å²) in [5.41, 5.74) is 3.53. The number of rotatable bonds is 6. The van der Waals surface area contributed by atoms with Gasteiger partial charge in [0.15, 0.2) is 0 Å². The third kappa shape index (κ3) is 3.88. The molecule has 2 nitrogen and oxygen atoms in total. The second-order valence-corrected chi connectivity index (χ2v) is 4.94. The van der Waals surface area contributed by atoms with E-state index in [1.165, 1.54) is 11.1 Å². The number of para-hydroxylation sites is 1. The molecule has 0 atom stereocenters. The maximum Gasteiger partial charge on any atom is 0.125 e. The number of methoxy groups -OCH3 is 1. The summed E-state index contributed by atoms with van der Waals surface area (Å²) in [4.78, 5) is 0. The smallest absolute Gasteiger partial charge is 0.125 e. The molecule has 2 heteroatoms. The third-order valence-electron chi connectivity index (χ3n) is 3.11. The van der Waals surface area contributed by atoms with Crippen LogP contribution in [0, 0.1) is 0 Å². The Balaban J connectivity index is 2.85. The van der Waals surface area contributed by atoms with Gasteiger partial charge in [-0.05, 0) is 36.8 Å². The Morgan fingerprint density at radius 2 is 2.11 bits per heavy atom. The largest absolute Gasteiger partial charge is 0.496 e. The van der Waals surface area contributed by atoms with Gasteiger partial charge in [0.25, 0.3) is 0 Å². The number of ether oxygens (including phenoxy) is 1. The molecule has 0 saturated heterocycles. The van der Waals surface area contributed by atoms with Gasteiger partial charge in [-0.3, -0.25) is 0 Å². The summed E-state index contributed by atoms with van der Waals surface area (Å²) in [5.74, 6) is 1.48. The molecule has 0 aliphatic heterocycles. The first kappa shape index (κ1) is 14.8. The molecule has 100 valence electrons. The molecule has 1 N–H and O–H groups in total. The van der Waals surface area contributed by atoms with Crippen molar-refractivity contribution in [3.63, 3.8) is 0 Å². The minimum absolute atomic E-state index is 0.142. The molecule has 0 heterocycles. The predicted octanol–water partition coefficient (Wildman–Crippen LogP) is 3.69. The quantitative estimate of drug-likeness (QED) is 0.778. The molecule has 0 saturated carbocycles. The fourth-order valence-corrected chi connectivity index (χ4v) is 2.04. The average molecular weight is 248 g/mol. The molecule has 1 aromatic rings. The van der Waals surface area contributed by atoms with E-state index in [9.17, 15) is 0 Å². The van der Waals surface area contributed by atoms with E-state index in [0.717, 1.165) is 24.2 Å². The van der Waals surface area contributed by atoms with Gasteiger partial charge in [-0.25, -0.2) is 0 Å². The Morgan fingerprint density at radius 1 is 1.39 bits per heavy atom. The van der Waals surface area contributed by atoms with Crippen LogP contribution in [0.2, 0.25) is 0 Å². The molecule has 0 unspecified atom stereocenters. The van der Waals surface area contributed by atoms with Crippen molar-refractivity contribution in [3.05, 3.63) is 41.0 Å². The summed E-state index contributed by atoms with van der Waals surface area (Å²) in [6, 6.07) is 6.34. The van der Waals surface area contributed by atoms with E-state index in [1.807, 2.05) is 6.92 Å². The molecule has 0 fully saturated rings. The van der Waals surface area contributed by atoms with Gasteiger partial charge in [0.2, 0.25) is 0 Å². The van der Waals surface area contributed by atoms with Crippen LogP contribution < -0.4 is 4.74 Å². The van der Waals surface area contributed by atoms with E-state index in [4.69, 9.17) is 9.84 Å². The number of aliphatic hydroxyl groups excluding tert-OH is 1. The van der Waals surface area contributed by atoms with Gasteiger partial charge in [-0.15, -0.1) is 0 Å². The van der Waals surface area contributed by atoms with E-state index in [0.29, 0.717) is 5.92 Å². The first-order valence-corrected chi connectivity index (χ1v) is 6.52. The number of aliphatic hydroxyl groups is 1. The van der Waals surface area contributed by atoms with Gasteiger partial charge in [0.1, 0.15) is 5.75 Å². The van der Waals surface area contributed by atoms with Crippen molar-refractivity contribution < 1.29 is 9.84 Å². The van der Waals surface area contributed by atoms with Crippen molar-refractivity contribution in [2.24, 2.45) is 0 Å². The standard InChI is InChI=1S/C16H24O2/c1-12(2)15-10-6-9-14(16(15)18-4)8-5-7-13(3)11-17/h6-7,9-10,12,17H,5,8,11H2,1-4H3/b13-7+. The third-order valence-corrected chi connectivity index (χ3v) is 3.11. The lowest BCUT2D eigenvalue weighted by molar-refractivity contribution is 0.331. The van der Waals surface area contributed by atoms with Crippen LogP contribution in [-0.2, 0) is 6.42 Å². The van der Waals surface area contributed by atoms with Crippen molar-refractivity contribution in [2.45, 2.75) is 39.5 Å². The highest BCUT2D eigenvalue weighted by Crippen LogP contribution is 2.30. The highest BCUT2D eigenvalue weighted by Gasteiger charge is 2.10. The van der Waals surface area contributed by atoms with E-state index in [1.54, 1.807) is 7.11 Å². The SMILES string of the molecule is COc1c(CC/C=C(\C)CO)cccc1C(C)C. The zero-order chi connectivity index (χ0) is 13.5. The number of hydrogen-bond acceptors (Lipinski definition) is 2. The maximum absolute atomic E-state index is 8.96. The first-order chi connectivity index (χ1) is 8.60. The highest BCUT2D eigenvalue weighted by atomic mass is 16.5. The first-order valence-electron chi connectivity index (χ1n) is 6.52. The van der Waals surface area contributed by atoms with E-state index < -0.39 is 0 Å². The Morgan fingerprint density at radius 3 is 2.67 bits per heavy atom. The van der Waals surface area contributed by atoms with Crippen LogP contribution in [0.25, 0.3) is 0 Å². The summed E-state index contributed by atoms with van der Waals surface area (Å²) in [6.45, 7) is 6.44. The van der Waals surface area contributed by atoms with Gasteiger partial charge in [-0.1, -0.05) is 43.7 Å². The van der Waals surface area contributed by atoms with Gasteiger partial charge >= 0.3 is 0 Å². The predicted molar refractivity (Wildman–Crippen MR) is 76.2 cm³/mol. The van der Waals surface area contributed by atoms with Crippen molar-refractivity contribution in [2.75, 3.05) is 13.7 Å². The lowest BCUT2D eigenvalue weighted by Crippen LogP contribution is -1.99. The summed E-state index contributed by atoms with van der Waals surface area (Å²) in [6.07, 6.45) is 3.97. The number of benzene rings is 1. The Bertz CT molecular complexity index is 406. The molecule has 0 amide bonds. The van der Waals surface area contributed by atoms with Crippen molar-refractivity contribution in [1.29, 1.82) is 0 Å². The molecular weight excluding hydrogens is 224 g/mol. The molecule has 0 spiro atoms. The molecule has 0 radical (unpaired) electrons. The normalized spacial score (nSPS) is 12.0. The van der Waals surface area contributed by atoms with Crippen LogP contribution in [0.3, 0.4) is 0 Å². The summed E-state index contributed by atoms with van der Waals surface area (Å²) in [5, 5.41) is 8.96. The van der Waals surface area contributed by atoms with E-state index in [-0.39, 0.29) is 6.61 Å². The highest BCUT2D eigenvalue weighted by molar-refractivity contribution is 5.43. The zero-order valence-corrected chi connectivity index (χ0v) is 11.9. The Labute approximate surface area is 110 Å². The second kappa shape index (κ2) is 7.22. The molecule has 0 aromatic heterocycles. The van der Waals surface area contributed by atoms with Crippen molar-refractivity contribution >= 4 is 0 Å². The Hall–Kier alpha value is -1.28. The molecule has 0 bridgehead atoms. The van der Waals surface area contributed by atoms with E-state index >= 15 is 0 Å². The number of hydrogen-bond donors (Lipinski definition) is 1. The minimum Gasteiger partial charge on any atom is -0.496 e. The fourth-order valence-electron chi connectivity index (χ4n) is 2.04. The molecule has 1 aromatic carbocycles. The molecule has 0 aliphatic carbocycles. The fraction of sp³-hybridized carbons (Fsp3) is 0.500. The Kier molecular flexibility index (Phi) is 5.93. The van der Waals surface area contributed by atoms with Crippen LogP contribution in [0.4, 0.5) is 0 Å². The van der Waals surface area contributed by atoms with Gasteiger partial charge < -0.3 is 9.84 Å². The minimum atomic E-state index is 0.142. The lowest BCUT2D eigenvalue weighted by Gasteiger charge is -2.15. The van der Waals surface area contributed by atoms with Crippen LogP contribution >= 0.6 is 0 Å². The van der Waals surface area contributed by atoms with E-state index in [2.05, 4.69) is 38.1 Å². The van der Waals surface area contributed by atoms with Gasteiger partial charge in [0, 0.05) is 0 Å². The molecule has 1 rings (SSSR count). The maximum atomic E-state index is 8.96. The van der Waals surface area contributed by atoms with Crippen molar-refractivity contribution in [3.8, 4) is 5.75 Å². The molecule has 18 heavy (non-hydrogen) atoms. The average Bonchev–Trinajstić information content (AvgIpc) is 2.37.